The average molecular weight is 422 g/mol. The Morgan fingerprint density at radius 2 is 1.86 bits per heavy atom. The molecule has 3 aromatic rings. The van der Waals surface area contributed by atoms with Gasteiger partial charge in [-0.15, -0.1) is 24.8 Å². The van der Waals surface area contributed by atoms with Crippen molar-refractivity contribution in [3.63, 3.8) is 0 Å². The summed E-state index contributed by atoms with van der Waals surface area (Å²) >= 11 is 0. The molecule has 4 rings (SSSR count). The van der Waals surface area contributed by atoms with Crippen LogP contribution in [0.25, 0.3) is 5.69 Å². The Balaban J connectivity index is 0.00000140. The second kappa shape index (κ2) is 9.23. The number of benzene rings is 1. The molecule has 5 N–H and O–H groups in total. The molecule has 2 aromatic heterocycles. The van der Waals surface area contributed by atoms with Gasteiger partial charge < -0.3 is 21.4 Å². The van der Waals surface area contributed by atoms with Gasteiger partial charge in [0.1, 0.15) is 11.6 Å². The number of halogens is 2. The van der Waals surface area contributed by atoms with E-state index in [-0.39, 0.29) is 30.9 Å². The first-order valence-electron chi connectivity index (χ1n) is 8.81. The van der Waals surface area contributed by atoms with Crippen molar-refractivity contribution in [2.75, 3.05) is 11.1 Å². The summed E-state index contributed by atoms with van der Waals surface area (Å²) in [6.45, 7) is 2.66. The van der Waals surface area contributed by atoms with Gasteiger partial charge in [-0.05, 0) is 37.5 Å². The number of anilines is 2. The molecule has 7 nitrogen and oxygen atoms in total. The van der Waals surface area contributed by atoms with Gasteiger partial charge in [0.05, 0.1) is 5.69 Å². The summed E-state index contributed by atoms with van der Waals surface area (Å²) in [5.41, 5.74) is 15.0. The highest BCUT2D eigenvalue weighted by Crippen LogP contribution is 2.35. The highest BCUT2D eigenvalue weighted by molar-refractivity contribution is 5.85. The van der Waals surface area contributed by atoms with Crippen molar-refractivity contribution in [2.24, 2.45) is 5.73 Å². The molecule has 28 heavy (non-hydrogen) atoms. The molecule has 0 saturated heterocycles. The maximum absolute atomic E-state index is 5.88. The van der Waals surface area contributed by atoms with Gasteiger partial charge in [-0.2, -0.15) is 4.98 Å². The summed E-state index contributed by atoms with van der Waals surface area (Å²) in [5.74, 6) is 2.42. The smallest absolute Gasteiger partial charge is 0.222 e. The highest BCUT2D eigenvalue weighted by atomic mass is 35.5. The van der Waals surface area contributed by atoms with E-state index in [1.807, 2.05) is 19.2 Å². The SMILES string of the molecule is Cc1nccn1-c1ccc(CNc2cc(C3CC(N)C3)nc(N)n2)cc1.Cl.Cl. The molecule has 0 unspecified atom stereocenters. The zero-order valence-corrected chi connectivity index (χ0v) is 17.2. The van der Waals surface area contributed by atoms with Crippen molar-refractivity contribution < 1.29 is 0 Å². The van der Waals surface area contributed by atoms with E-state index in [0.29, 0.717) is 18.4 Å². The Morgan fingerprint density at radius 1 is 1.14 bits per heavy atom. The van der Waals surface area contributed by atoms with E-state index in [1.54, 1.807) is 6.20 Å². The first kappa shape index (κ1) is 21.9. The van der Waals surface area contributed by atoms with E-state index < -0.39 is 0 Å². The van der Waals surface area contributed by atoms with Gasteiger partial charge in [-0.3, -0.25) is 0 Å². The zero-order valence-electron chi connectivity index (χ0n) is 15.6. The zero-order chi connectivity index (χ0) is 18.1. The highest BCUT2D eigenvalue weighted by Gasteiger charge is 2.29. The minimum Gasteiger partial charge on any atom is -0.368 e. The lowest BCUT2D eigenvalue weighted by Crippen LogP contribution is -2.35. The monoisotopic (exact) mass is 421 g/mol. The van der Waals surface area contributed by atoms with Crippen molar-refractivity contribution in [2.45, 2.75) is 38.3 Å². The Hall–Kier alpha value is -2.35. The van der Waals surface area contributed by atoms with Crippen LogP contribution in [0, 0.1) is 6.92 Å². The van der Waals surface area contributed by atoms with Crippen molar-refractivity contribution in [3.8, 4) is 5.69 Å². The van der Waals surface area contributed by atoms with Crippen LogP contribution in [-0.4, -0.2) is 25.6 Å². The van der Waals surface area contributed by atoms with E-state index in [4.69, 9.17) is 11.5 Å². The molecule has 0 radical (unpaired) electrons. The lowest BCUT2D eigenvalue weighted by atomic mass is 9.78. The third-order valence-corrected chi connectivity index (χ3v) is 4.87. The molecule has 9 heteroatoms. The number of aryl methyl sites for hydroxylation is 1. The maximum atomic E-state index is 5.88. The van der Waals surface area contributed by atoms with Gasteiger partial charge in [0.15, 0.2) is 0 Å². The third-order valence-electron chi connectivity index (χ3n) is 4.87. The minimum atomic E-state index is 0. The van der Waals surface area contributed by atoms with Crippen molar-refractivity contribution in [1.82, 2.24) is 19.5 Å². The van der Waals surface area contributed by atoms with Crippen LogP contribution in [0.5, 0.6) is 0 Å². The van der Waals surface area contributed by atoms with E-state index in [2.05, 4.69) is 49.1 Å². The molecule has 150 valence electrons. The molecule has 2 heterocycles. The van der Waals surface area contributed by atoms with Gasteiger partial charge in [-0.1, -0.05) is 12.1 Å². The van der Waals surface area contributed by atoms with Gasteiger partial charge in [0.25, 0.3) is 0 Å². The van der Waals surface area contributed by atoms with Crippen LogP contribution in [-0.2, 0) is 6.54 Å². The normalized spacial score (nSPS) is 17.8. The molecule has 0 spiro atoms. The van der Waals surface area contributed by atoms with Crippen molar-refractivity contribution in [1.29, 1.82) is 0 Å². The first-order valence-corrected chi connectivity index (χ1v) is 8.81. The van der Waals surface area contributed by atoms with Crippen LogP contribution in [0.15, 0.2) is 42.7 Å². The number of nitrogen functional groups attached to an aromatic ring is 1. The molecule has 0 atom stereocenters. The average Bonchev–Trinajstić information content (AvgIpc) is 3.03. The molecule has 1 fully saturated rings. The second-order valence-electron chi connectivity index (χ2n) is 6.83. The predicted molar refractivity (Wildman–Crippen MR) is 117 cm³/mol. The fourth-order valence-electron chi connectivity index (χ4n) is 3.31. The minimum absolute atomic E-state index is 0. The summed E-state index contributed by atoms with van der Waals surface area (Å²) in [6.07, 6.45) is 5.69. The quantitative estimate of drug-likeness (QED) is 0.583. The van der Waals surface area contributed by atoms with Crippen molar-refractivity contribution >= 4 is 36.6 Å². The Morgan fingerprint density at radius 3 is 2.46 bits per heavy atom. The predicted octanol–water partition coefficient (Wildman–Crippen LogP) is 3.21. The Bertz CT molecular complexity index is 905. The van der Waals surface area contributed by atoms with E-state index in [9.17, 15) is 0 Å². The van der Waals surface area contributed by atoms with E-state index >= 15 is 0 Å². The molecular weight excluding hydrogens is 397 g/mol. The summed E-state index contributed by atoms with van der Waals surface area (Å²) in [6, 6.07) is 10.6. The number of aromatic nitrogens is 4. The van der Waals surface area contributed by atoms with Gasteiger partial charge in [0, 0.05) is 42.7 Å². The van der Waals surface area contributed by atoms with Crippen LogP contribution in [0.1, 0.15) is 35.8 Å². The van der Waals surface area contributed by atoms with Crippen LogP contribution >= 0.6 is 24.8 Å². The Kier molecular flexibility index (Phi) is 7.23. The van der Waals surface area contributed by atoms with E-state index in [1.165, 1.54) is 0 Å². The topological polar surface area (TPSA) is 108 Å². The number of nitrogens with two attached hydrogens (primary N) is 2. The van der Waals surface area contributed by atoms with Crippen LogP contribution in [0.2, 0.25) is 0 Å². The van der Waals surface area contributed by atoms with Gasteiger partial charge in [-0.25, -0.2) is 9.97 Å². The lowest BCUT2D eigenvalue weighted by Gasteiger charge is -2.32. The fourth-order valence-corrected chi connectivity index (χ4v) is 3.31. The molecule has 1 aliphatic rings. The standard InChI is InChI=1S/C19H23N7.2ClH/c1-12-22-6-7-26(12)16-4-2-13(3-5-16)11-23-18-10-17(24-19(21)25-18)14-8-15(20)9-14;;/h2-7,10,14-15H,8-9,11,20H2,1H3,(H3,21,23,24,25);2*1H. The van der Waals surface area contributed by atoms with Crippen LogP contribution in [0.3, 0.4) is 0 Å². The molecule has 0 amide bonds. The third kappa shape index (κ3) is 4.73. The first-order chi connectivity index (χ1) is 12.6. The van der Waals surface area contributed by atoms with Crippen LogP contribution in [0.4, 0.5) is 11.8 Å². The summed E-state index contributed by atoms with van der Waals surface area (Å²) in [7, 11) is 0. The molecule has 1 saturated carbocycles. The maximum Gasteiger partial charge on any atom is 0.222 e. The number of nitrogens with zero attached hydrogens (tertiary/aromatic N) is 4. The number of nitrogens with one attached hydrogen (secondary N) is 1. The van der Waals surface area contributed by atoms with Crippen molar-refractivity contribution in [3.05, 3.63) is 59.8 Å². The second-order valence-corrected chi connectivity index (χ2v) is 6.83. The number of rotatable bonds is 5. The summed E-state index contributed by atoms with van der Waals surface area (Å²) in [4.78, 5) is 12.9. The summed E-state index contributed by atoms with van der Waals surface area (Å²) in [5, 5.41) is 3.34. The van der Waals surface area contributed by atoms with Crippen LogP contribution < -0.4 is 16.8 Å². The number of hydrogen-bond donors (Lipinski definition) is 3. The lowest BCUT2D eigenvalue weighted by molar-refractivity contribution is 0.345. The molecule has 1 aliphatic carbocycles. The molecule has 0 aliphatic heterocycles. The van der Waals surface area contributed by atoms with Gasteiger partial charge in [0.2, 0.25) is 5.95 Å². The molecule has 0 bridgehead atoms. The van der Waals surface area contributed by atoms with Gasteiger partial charge >= 0.3 is 0 Å². The van der Waals surface area contributed by atoms with E-state index in [0.717, 1.165) is 41.4 Å². The number of hydrogen-bond acceptors (Lipinski definition) is 6. The number of imidazole rings is 1. The summed E-state index contributed by atoms with van der Waals surface area (Å²) < 4.78 is 2.05. The Labute approximate surface area is 176 Å². The fraction of sp³-hybridized carbons (Fsp3) is 0.316. The molecular formula is C19H25Cl2N7. The largest absolute Gasteiger partial charge is 0.368 e. The molecule has 1 aromatic carbocycles.